The number of amides is 1. The summed E-state index contributed by atoms with van der Waals surface area (Å²) < 4.78 is 13.3. The zero-order chi connectivity index (χ0) is 19.7. The van der Waals surface area contributed by atoms with Crippen LogP contribution in [0.2, 0.25) is 0 Å². The van der Waals surface area contributed by atoms with E-state index in [1.165, 1.54) is 23.5 Å². The van der Waals surface area contributed by atoms with E-state index in [1.54, 1.807) is 24.4 Å². The van der Waals surface area contributed by atoms with Crippen molar-refractivity contribution in [2.45, 2.75) is 13.0 Å². The fourth-order valence-corrected chi connectivity index (χ4v) is 3.44. The maximum Gasteiger partial charge on any atom is 0.251 e. The molecule has 0 spiro atoms. The summed E-state index contributed by atoms with van der Waals surface area (Å²) >= 11 is 1.24. The Morgan fingerprint density at radius 2 is 1.89 bits per heavy atom. The Kier molecular flexibility index (Phi) is 4.70. The van der Waals surface area contributed by atoms with Gasteiger partial charge in [0.1, 0.15) is 10.8 Å². The third kappa shape index (κ3) is 3.67. The van der Waals surface area contributed by atoms with Crippen LogP contribution in [0.4, 0.5) is 9.52 Å². The number of hydrogen-bond donors (Lipinski definition) is 2. The normalized spacial score (nSPS) is 12.1. The SMILES string of the molecule is CC(NC(=O)c1ccc(-c2cnc3cc(F)ccc3c2)cc1)c1nnc(N)s1. The average Bonchev–Trinajstić information content (AvgIpc) is 3.14. The summed E-state index contributed by atoms with van der Waals surface area (Å²) in [6, 6.07) is 13.4. The number of nitrogens with zero attached hydrogens (tertiary/aromatic N) is 3. The van der Waals surface area contributed by atoms with Crippen molar-refractivity contribution in [3.05, 3.63) is 71.1 Å². The molecule has 0 radical (unpaired) electrons. The molecule has 0 aliphatic carbocycles. The lowest BCUT2D eigenvalue weighted by atomic mass is 10.0. The third-order valence-electron chi connectivity index (χ3n) is 4.30. The number of benzene rings is 2. The molecule has 4 rings (SSSR count). The first-order valence-corrected chi connectivity index (χ1v) is 9.37. The Labute approximate surface area is 164 Å². The highest BCUT2D eigenvalue weighted by molar-refractivity contribution is 7.15. The number of carbonyl (C=O) groups is 1. The quantitative estimate of drug-likeness (QED) is 0.547. The Balaban J connectivity index is 1.51. The smallest absolute Gasteiger partial charge is 0.251 e. The molecular weight excluding hydrogens is 377 g/mol. The van der Waals surface area contributed by atoms with Crippen LogP contribution in [0.15, 0.2) is 54.7 Å². The van der Waals surface area contributed by atoms with Crippen LogP contribution in [0.1, 0.15) is 28.3 Å². The Morgan fingerprint density at radius 1 is 1.11 bits per heavy atom. The third-order valence-corrected chi connectivity index (χ3v) is 5.24. The summed E-state index contributed by atoms with van der Waals surface area (Å²) in [7, 11) is 0. The van der Waals surface area contributed by atoms with Gasteiger partial charge in [0.05, 0.1) is 11.6 Å². The molecule has 0 saturated carbocycles. The van der Waals surface area contributed by atoms with E-state index in [0.717, 1.165) is 16.5 Å². The largest absolute Gasteiger partial charge is 0.374 e. The molecule has 1 atom stereocenters. The summed E-state index contributed by atoms with van der Waals surface area (Å²) in [6.45, 7) is 1.83. The Bertz CT molecular complexity index is 1160. The van der Waals surface area contributed by atoms with Crippen molar-refractivity contribution in [2.24, 2.45) is 0 Å². The molecule has 4 aromatic rings. The van der Waals surface area contributed by atoms with Crippen LogP contribution in [0.5, 0.6) is 0 Å². The van der Waals surface area contributed by atoms with Crippen LogP contribution in [-0.2, 0) is 0 Å². The first-order valence-electron chi connectivity index (χ1n) is 8.55. The highest BCUT2D eigenvalue weighted by Crippen LogP contribution is 2.24. The minimum absolute atomic E-state index is 0.208. The van der Waals surface area contributed by atoms with E-state index in [0.29, 0.717) is 21.2 Å². The van der Waals surface area contributed by atoms with Gasteiger partial charge in [-0.15, -0.1) is 10.2 Å². The molecule has 0 aliphatic rings. The predicted octanol–water partition coefficient (Wildman–Crippen LogP) is 3.97. The number of hydrogen-bond acceptors (Lipinski definition) is 6. The van der Waals surface area contributed by atoms with Gasteiger partial charge < -0.3 is 11.1 Å². The van der Waals surface area contributed by atoms with Crippen molar-refractivity contribution < 1.29 is 9.18 Å². The number of halogens is 1. The molecule has 0 saturated heterocycles. The van der Waals surface area contributed by atoms with Gasteiger partial charge in [0.25, 0.3) is 5.91 Å². The maximum absolute atomic E-state index is 13.3. The fourth-order valence-electron chi connectivity index (χ4n) is 2.83. The lowest BCUT2D eigenvalue weighted by Crippen LogP contribution is -2.26. The lowest BCUT2D eigenvalue weighted by Gasteiger charge is -2.11. The molecule has 140 valence electrons. The summed E-state index contributed by atoms with van der Waals surface area (Å²) in [5.41, 5.74) is 8.52. The number of aromatic nitrogens is 3. The number of anilines is 1. The van der Waals surface area contributed by atoms with Gasteiger partial charge in [-0.05, 0) is 42.8 Å². The Morgan fingerprint density at radius 3 is 2.61 bits per heavy atom. The van der Waals surface area contributed by atoms with Crippen molar-refractivity contribution in [1.82, 2.24) is 20.5 Å². The van der Waals surface area contributed by atoms with Gasteiger partial charge in [0.15, 0.2) is 0 Å². The topological polar surface area (TPSA) is 93.8 Å². The number of pyridine rings is 1. The van der Waals surface area contributed by atoms with Gasteiger partial charge in [-0.2, -0.15) is 0 Å². The maximum atomic E-state index is 13.3. The number of fused-ring (bicyclic) bond motifs is 1. The molecule has 2 aromatic carbocycles. The van der Waals surface area contributed by atoms with E-state index >= 15 is 0 Å². The summed E-state index contributed by atoms with van der Waals surface area (Å²) in [5.74, 6) is -0.520. The van der Waals surface area contributed by atoms with Crippen molar-refractivity contribution in [2.75, 3.05) is 5.73 Å². The summed E-state index contributed by atoms with van der Waals surface area (Å²) in [5, 5.41) is 12.5. The molecule has 0 aliphatic heterocycles. The van der Waals surface area contributed by atoms with Crippen molar-refractivity contribution in [3.63, 3.8) is 0 Å². The van der Waals surface area contributed by atoms with Crippen LogP contribution >= 0.6 is 11.3 Å². The minimum Gasteiger partial charge on any atom is -0.374 e. The van der Waals surface area contributed by atoms with Gasteiger partial charge in [-0.1, -0.05) is 23.5 Å². The van der Waals surface area contributed by atoms with E-state index in [4.69, 9.17) is 5.73 Å². The summed E-state index contributed by atoms with van der Waals surface area (Å²) in [6.07, 6.45) is 1.69. The van der Waals surface area contributed by atoms with Crippen LogP contribution in [0.25, 0.3) is 22.0 Å². The van der Waals surface area contributed by atoms with Crippen molar-refractivity contribution >= 4 is 33.3 Å². The molecule has 0 bridgehead atoms. The van der Waals surface area contributed by atoms with Crippen LogP contribution in [0, 0.1) is 5.82 Å². The Hall–Kier alpha value is -3.39. The molecule has 6 nitrogen and oxygen atoms in total. The van der Waals surface area contributed by atoms with Gasteiger partial charge in [0, 0.05) is 28.8 Å². The van der Waals surface area contributed by atoms with Crippen LogP contribution < -0.4 is 11.1 Å². The minimum atomic E-state index is -0.312. The van der Waals surface area contributed by atoms with E-state index in [-0.39, 0.29) is 17.8 Å². The molecule has 0 fully saturated rings. The molecule has 3 N–H and O–H groups in total. The highest BCUT2D eigenvalue weighted by Gasteiger charge is 2.15. The first kappa shape index (κ1) is 18.0. The molecule has 8 heteroatoms. The molecule has 2 heterocycles. The van der Waals surface area contributed by atoms with Gasteiger partial charge in [-0.3, -0.25) is 9.78 Å². The lowest BCUT2D eigenvalue weighted by molar-refractivity contribution is 0.0939. The second-order valence-electron chi connectivity index (χ2n) is 6.31. The molecule has 28 heavy (non-hydrogen) atoms. The second kappa shape index (κ2) is 7.32. The molecule has 1 amide bonds. The monoisotopic (exact) mass is 393 g/mol. The number of nitrogens with one attached hydrogen (secondary N) is 1. The summed E-state index contributed by atoms with van der Waals surface area (Å²) in [4.78, 5) is 16.8. The molecule has 2 aromatic heterocycles. The molecular formula is C20H16FN5OS. The standard InChI is InChI=1S/C20H16FN5OS/c1-11(19-25-26-20(22)28-19)24-18(27)13-4-2-12(3-5-13)15-8-14-6-7-16(21)9-17(14)23-10-15/h2-11H,1H3,(H2,22,26)(H,24,27). The van der Waals surface area contributed by atoms with Crippen molar-refractivity contribution in [3.8, 4) is 11.1 Å². The van der Waals surface area contributed by atoms with E-state index < -0.39 is 0 Å². The average molecular weight is 393 g/mol. The van der Waals surface area contributed by atoms with Crippen LogP contribution in [0.3, 0.4) is 0 Å². The van der Waals surface area contributed by atoms with Crippen molar-refractivity contribution in [1.29, 1.82) is 0 Å². The number of nitrogen functional groups attached to an aromatic ring is 1. The van der Waals surface area contributed by atoms with E-state index in [1.807, 2.05) is 25.1 Å². The highest BCUT2D eigenvalue weighted by atomic mass is 32.1. The van der Waals surface area contributed by atoms with Gasteiger partial charge in [-0.25, -0.2) is 4.39 Å². The van der Waals surface area contributed by atoms with E-state index in [9.17, 15) is 9.18 Å². The first-order chi connectivity index (χ1) is 13.5. The molecule has 1 unspecified atom stereocenters. The predicted molar refractivity (Wildman–Crippen MR) is 107 cm³/mol. The van der Waals surface area contributed by atoms with Crippen LogP contribution in [-0.4, -0.2) is 21.1 Å². The zero-order valence-corrected chi connectivity index (χ0v) is 15.7. The van der Waals surface area contributed by atoms with E-state index in [2.05, 4.69) is 20.5 Å². The number of nitrogens with two attached hydrogens (primary N) is 1. The van der Waals surface area contributed by atoms with Gasteiger partial charge in [0.2, 0.25) is 5.13 Å². The zero-order valence-electron chi connectivity index (χ0n) is 14.9. The number of carbonyl (C=O) groups excluding carboxylic acids is 1. The fraction of sp³-hybridized carbons (Fsp3) is 0.100. The second-order valence-corrected chi connectivity index (χ2v) is 7.35. The number of rotatable bonds is 4. The van der Waals surface area contributed by atoms with Gasteiger partial charge >= 0.3 is 0 Å².